The quantitative estimate of drug-likeness (QED) is 0.784. The standard InChI is InChI=1S/C17H22N2O/c1-12-5-6-15-13(9-12)14-10-18(4)8-7-16(14)19(15)17(2,3)11-20/h5-6,9,11H,7-8,10H2,1-4H3. The van der Waals surface area contributed by atoms with Gasteiger partial charge in [-0.2, -0.15) is 0 Å². The van der Waals surface area contributed by atoms with Gasteiger partial charge in [0.05, 0.1) is 5.54 Å². The highest BCUT2D eigenvalue weighted by Crippen LogP contribution is 2.35. The second-order valence-corrected chi connectivity index (χ2v) is 6.54. The Balaban J connectivity index is 2.37. The first-order valence-electron chi connectivity index (χ1n) is 7.22. The monoisotopic (exact) mass is 270 g/mol. The first-order chi connectivity index (χ1) is 9.44. The van der Waals surface area contributed by atoms with E-state index in [1.54, 1.807) is 0 Å². The third-order valence-corrected chi connectivity index (χ3v) is 4.36. The molecule has 3 rings (SSSR count). The number of aryl methyl sites for hydroxylation is 1. The van der Waals surface area contributed by atoms with Crippen molar-refractivity contribution >= 4 is 17.2 Å². The zero-order valence-corrected chi connectivity index (χ0v) is 12.7. The highest BCUT2D eigenvalue weighted by Gasteiger charge is 2.29. The number of fused-ring (bicyclic) bond motifs is 3. The van der Waals surface area contributed by atoms with Crippen LogP contribution in [0.15, 0.2) is 18.2 Å². The summed E-state index contributed by atoms with van der Waals surface area (Å²) in [5, 5.41) is 1.31. The van der Waals surface area contributed by atoms with E-state index in [-0.39, 0.29) is 0 Å². The molecule has 0 fully saturated rings. The van der Waals surface area contributed by atoms with Crippen LogP contribution < -0.4 is 0 Å². The molecule has 2 heterocycles. The van der Waals surface area contributed by atoms with Crippen molar-refractivity contribution in [3.63, 3.8) is 0 Å². The molecule has 0 aliphatic carbocycles. The number of carbonyl (C=O) groups is 1. The molecule has 0 radical (unpaired) electrons. The molecule has 106 valence electrons. The van der Waals surface area contributed by atoms with E-state index in [4.69, 9.17) is 0 Å². The summed E-state index contributed by atoms with van der Waals surface area (Å²) in [6.07, 6.45) is 2.07. The van der Waals surface area contributed by atoms with Crippen LogP contribution in [0.5, 0.6) is 0 Å². The number of likely N-dealkylation sites (N-methyl/N-ethyl adjacent to an activating group) is 1. The van der Waals surface area contributed by atoms with Crippen molar-refractivity contribution in [2.24, 2.45) is 0 Å². The van der Waals surface area contributed by atoms with Gasteiger partial charge in [-0.15, -0.1) is 0 Å². The maximum absolute atomic E-state index is 11.6. The van der Waals surface area contributed by atoms with Crippen molar-refractivity contribution in [2.75, 3.05) is 13.6 Å². The lowest BCUT2D eigenvalue weighted by Gasteiger charge is -2.29. The van der Waals surface area contributed by atoms with E-state index < -0.39 is 5.54 Å². The molecule has 0 atom stereocenters. The van der Waals surface area contributed by atoms with Gasteiger partial charge in [-0.3, -0.25) is 0 Å². The van der Waals surface area contributed by atoms with Crippen LogP contribution in [0.25, 0.3) is 10.9 Å². The molecule has 0 spiro atoms. The van der Waals surface area contributed by atoms with Gasteiger partial charge in [-0.25, -0.2) is 0 Å². The van der Waals surface area contributed by atoms with Crippen LogP contribution in [0.2, 0.25) is 0 Å². The summed E-state index contributed by atoms with van der Waals surface area (Å²) in [4.78, 5) is 13.9. The fourth-order valence-electron chi connectivity index (χ4n) is 3.32. The topological polar surface area (TPSA) is 25.2 Å². The van der Waals surface area contributed by atoms with Crippen molar-refractivity contribution < 1.29 is 4.79 Å². The molecular formula is C17H22N2O. The zero-order valence-electron chi connectivity index (χ0n) is 12.7. The molecule has 1 aromatic heterocycles. The van der Waals surface area contributed by atoms with Gasteiger partial charge in [0, 0.05) is 36.1 Å². The average Bonchev–Trinajstić information content (AvgIpc) is 2.73. The second kappa shape index (κ2) is 4.45. The molecule has 0 bridgehead atoms. The molecule has 3 heteroatoms. The molecule has 1 aromatic carbocycles. The lowest BCUT2D eigenvalue weighted by molar-refractivity contribution is -0.113. The van der Waals surface area contributed by atoms with E-state index >= 15 is 0 Å². The summed E-state index contributed by atoms with van der Waals surface area (Å²) in [5.41, 5.74) is 4.70. The van der Waals surface area contributed by atoms with E-state index in [0.717, 1.165) is 25.8 Å². The number of aldehydes is 1. The molecule has 0 unspecified atom stereocenters. The van der Waals surface area contributed by atoms with Crippen LogP contribution >= 0.6 is 0 Å². The van der Waals surface area contributed by atoms with Gasteiger partial charge in [0.25, 0.3) is 0 Å². The summed E-state index contributed by atoms with van der Waals surface area (Å²) in [5.74, 6) is 0. The number of carbonyl (C=O) groups excluding carboxylic acids is 1. The molecule has 0 amide bonds. The predicted molar refractivity (Wildman–Crippen MR) is 82.1 cm³/mol. The summed E-state index contributed by atoms with van der Waals surface area (Å²) >= 11 is 0. The highest BCUT2D eigenvalue weighted by molar-refractivity contribution is 5.88. The van der Waals surface area contributed by atoms with Crippen molar-refractivity contribution in [3.05, 3.63) is 35.0 Å². The fraction of sp³-hybridized carbons (Fsp3) is 0.471. The Morgan fingerprint density at radius 3 is 2.75 bits per heavy atom. The van der Waals surface area contributed by atoms with Crippen LogP contribution in [0.3, 0.4) is 0 Å². The summed E-state index contributed by atoms with van der Waals surface area (Å²) < 4.78 is 2.25. The smallest absolute Gasteiger partial charge is 0.145 e. The molecular weight excluding hydrogens is 248 g/mol. The predicted octanol–water partition coefficient (Wildman–Crippen LogP) is 2.87. The summed E-state index contributed by atoms with van der Waals surface area (Å²) in [6.45, 7) is 8.14. The van der Waals surface area contributed by atoms with Gasteiger partial charge in [-0.05, 0) is 45.5 Å². The lowest BCUT2D eigenvalue weighted by Crippen LogP contribution is -2.33. The van der Waals surface area contributed by atoms with E-state index in [0.29, 0.717) is 0 Å². The Morgan fingerprint density at radius 2 is 2.05 bits per heavy atom. The van der Waals surface area contributed by atoms with Crippen LogP contribution in [0.4, 0.5) is 0 Å². The molecule has 2 aromatic rings. The van der Waals surface area contributed by atoms with Crippen LogP contribution in [0.1, 0.15) is 30.7 Å². The number of rotatable bonds is 2. The average molecular weight is 270 g/mol. The summed E-state index contributed by atoms with van der Waals surface area (Å²) in [7, 11) is 2.16. The Bertz CT molecular complexity index is 682. The largest absolute Gasteiger partial charge is 0.332 e. The molecule has 0 saturated carbocycles. The Hall–Kier alpha value is -1.61. The van der Waals surface area contributed by atoms with Crippen LogP contribution in [-0.4, -0.2) is 29.3 Å². The van der Waals surface area contributed by atoms with E-state index in [1.165, 1.54) is 27.7 Å². The van der Waals surface area contributed by atoms with E-state index in [2.05, 4.69) is 41.6 Å². The maximum Gasteiger partial charge on any atom is 0.145 e. The third kappa shape index (κ3) is 1.88. The van der Waals surface area contributed by atoms with Crippen molar-refractivity contribution in [1.29, 1.82) is 0 Å². The zero-order chi connectivity index (χ0) is 14.5. The molecule has 0 N–H and O–H groups in total. The number of aromatic nitrogens is 1. The first-order valence-corrected chi connectivity index (χ1v) is 7.22. The third-order valence-electron chi connectivity index (χ3n) is 4.36. The van der Waals surface area contributed by atoms with E-state index in [1.807, 2.05) is 13.8 Å². The SMILES string of the molecule is Cc1ccc2c(c1)c1c(n2C(C)(C)C=O)CCN(C)C1. The number of hydrogen-bond acceptors (Lipinski definition) is 2. The number of nitrogens with zero attached hydrogens (tertiary/aromatic N) is 2. The second-order valence-electron chi connectivity index (χ2n) is 6.54. The molecule has 20 heavy (non-hydrogen) atoms. The van der Waals surface area contributed by atoms with Crippen molar-refractivity contribution in [2.45, 2.75) is 39.3 Å². The summed E-state index contributed by atoms with van der Waals surface area (Å²) in [6, 6.07) is 6.55. The minimum absolute atomic E-state index is 0.489. The molecule has 3 nitrogen and oxygen atoms in total. The number of benzene rings is 1. The fourth-order valence-corrected chi connectivity index (χ4v) is 3.32. The molecule has 0 saturated heterocycles. The van der Waals surface area contributed by atoms with Crippen molar-refractivity contribution in [1.82, 2.24) is 9.47 Å². The van der Waals surface area contributed by atoms with Gasteiger partial charge in [0.2, 0.25) is 0 Å². The van der Waals surface area contributed by atoms with Crippen LogP contribution in [0, 0.1) is 6.92 Å². The van der Waals surface area contributed by atoms with Crippen molar-refractivity contribution in [3.8, 4) is 0 Å². The van der Waals surface area contributed by atoms with Gasteiger partial charge in [0.15, 0.2) is 0 Å². The maximum atomic E-state index is 11.6. The lowest BCUT2D eigenvalue weighted by atomic mass is 10.0. The van der Waals surface area contributed by atoms with Gasteiger partial charge >= 0.3 is 0 Å². The Kier molecular flexibility index (Phi) is 2.98. The van der Waals surface area contributed by atoms with Gasteiger partial charge < -0.3 is 14.3 Å². The minimum Gasteiger partial charge on any atom is -0.332 e. The van der Waals surface area contributed by atoms with Gasteiger partial charge in [-0.1, -0.05) is 11.6 Å². The Labute approximate surface area is 120 Å². The molecule has 1 aliphatic heterocycles. The normalized spacial score (nSPS) is 16.4. The van der Waals surface area contributed by atoms with Gasteiger partial charge in [0.1, 0.15) is 6.29 Å². The first kappa shape index (κ1) is 13.4. The van der Waals surface area contributed by atoms with E-state index in [9.17, 15) is 4.79 Å². The molecule has 1 aliphatic rings. The van der Waals surface area contributed by atoms with Crippen LogP contribution in [-0.2, 0) is 23.3 Å². The Morgan fingerprint density at radius 1 is 1.30 bits per heavy atom. The highest BCUT2D eigenvalue weighted by atomic mass is 16.1. The minimum atomic E-state index is -0.489. The number of hydrogen-bond donors (Lipinski definition) is 0.